The zero-order valence-electron chi connectivity index (χ0n) is 10.8. The van der Waals surface area contributed by atoms with Crippen molar-refractivity contribution >= 4 is 11.3 Å². The number of hydrogen-bond acceptors (Lipinski definition) is 1. The topological polar surface area (TPSA) is 26.0 Å². The highest BCUT2D eigenvalue weighted by Crippen LogP contribution is 2.27. The third-order valence-corrected chi connectivity index (χ3v) is 2.91. The average Bonchev–Trinajstić information content (AvgIpc) is 2.45. The molecule has 0 saturated heterocycles. The first kappa shape index (κ1) is 12.9. The zero-order chi connectivity index (χ0) is 13.7. The maximum Gasteiger partial charge on any atom is 0.0326 e. The minimum absolute atomic E-state index is 0.744. The molecule has 0 unspecified atom stereocenters. The first-order valence-electron chi connectivity index (χ1n) is 6.16. The molecule has 0 aliphatic heterocycles. The SMILES string of the molecule is C=C/C=C(\C=C)c1cc(N)cc(-c2ccccc2)c1. The number of allylic oxidation sites excluding steroid dienone is 4. The van der Waals surface area contributed by atoms with E-state index in [1.165, 1.54) is 0 Å². The van der Waals surface area contributed by atoms with E-state index >= 15 is 0 Å². The molecule has 0 atom stereocenters. The highest BCUT2D eigenvalue weighted by molar-refractivity contribution is 5.80. The zero-order valence-corrected chi connectivity index (χ0v) is 10.8. The van der Waals surface area contributed by atoms with Crippen LogP contribution in [0.15, 0.2) is 79.9 Å². The van der Waals surface area contributed by atoms with Crippen molar-refractivity contribution in [3.63, 3.8) is 0 Å². The number of nitrogen functional groups attached to an aromatic ring is 1. The lowest BCUT2D eigenvalue weighted by molar-refractivity contribution is 1.57. The van der Waals surface area contributed by atoms with Gasteiger partial charge in [0.2, 0.25) is 0 Å². The molecule has 1 heteroatoms. The second-order valence-electron chi connectivity index (χ2n) is 4.27. The molecule has 2 N–H and O–H groups in total. The second-order valence-corrected chi connectivity index (χ2v) is 4.27. The highest BCUT2D eigenvalue weighted by atomic mass is 14.5. The van der Waals surface area contributed by atoms with Gasteiger partial charge in [0.05, 0.1) is 0 Å². The number of anilines is 1. The summed E-state index contributed by atoms with van der Waals surface area (Å²) in [5.41, 5.74) is 11.1. The Morgan fingerprint density at radius 1 is 0.947 bits per heavy atom. The molecule has 94 valence electrons. The van der Waals surface area contributed by atoms with Crippen LogP contribution in [-0.4, -0.2) is 0 Å². The molecule has 2 aromatic rings. The van der Waals surface area contributed by atoms with Crippen LogP contribution in [0.2, 0.25) is 0 Å². The Kier molecular flexibility index (Phi) is 3.99. The van der Waals surface area contributed by atoms with Crippen LogP contribution < -0.4 is 5.73 Å². The van der Waals surface area contributed by atoms with E-state index in [1.807, 2.05) is 42.5 Å². The van der Waals surface area contributed by atoms with Crippen LogP contribution >= 0.6 is 0 Å². The molecule has 0 saturated carbocycles. The van der Waals surface area contributed by atoms with E-state index in [-0.39, 0.29) is 0 Å². The molecular weight excluding hydrogens is 230 g/mol. The molecule has 19 heavy (non-hydrogen) atoms. The van der Waals surface area contributed by atoms with Crippen molar-refractivity contribution in [2.45, 2.75) is 0 Å². The van der Waals surface area contributed by atoms with Crippen LogP contribution in [0.25, 0.3) is 16.7 Å². The summed E-state index contributed by atoms with van der Waals surface area (Å²) in [4.78, 5) is 0. The summed E-state index contributed by atoms with van der Waals surface area (Å²) in [6.45, 7) is 7.55. The fourth-order valence-electron chi connectivity index (χ4n) is 2.02. The van der Waals surface area contributed by atoms with Gasteiger partial charge in [-0.2, -0.15) is 0 Å². The monoisotopic (exact) mass is 247 g/mol. The van der Waals surface area contributed by atoms with Crippen LogP contribution in [0, 0.1) is 0 Å². The lowest BCUT2D eigenvalue weighted by Gasteiger charge is -2.08. The fourth-order valence-corrected chi connectivity index (χ4v) is 2.02. The Morgan fingerprint density at radius 2 is 1.68 bits per heavy atom. The minimum atomic E-state index is 0.744. The second kappa shape index (κ2) is 5.87. The fraction of sp³-hybridized carbons (Fsp3) is 0. The van der Waals surface area contributed by atoms with Crippen molar-refractivity contribution < 1.29 is 0 Å². The van der Waals surface area contributed by atoms with Crippen LogP contribution in [0.4, 0.5) is 5.69 Å². The van der Waals surface area contributed by atoms with Crippen LogP contribution in [0.3, 0.4) is 0 Å². The van der Waals surface area contributed by atoms with Crippen LogP contribution in [0.5, 0.6) is 0 Å². The van der Waals surface area contributed by atoms with Crippen molar-refractivity contribution in [2.24, 2.45) is 0 Å². The highest BCUT2D eigenvalue weighted by Gasteiger charge is 2.03. The number of rotatable bonds is 4. The first-order valence-corrected chi connectivity index (χ1v) is 6.16. The van der Waals surface area contributed by atoms with E-state index in [2.05, 4.69) is 31.4 Å². The lowest BCUT2D eigenvalue weighted by Crippen LogP contribution is -1.90. The van der Waals surface area contributed by atoms with Crippen molar-refractivity contribution in [3.8, 4) is 11.1 Å². The van der Waals surface area contributed by atoms with E-state index in [4.69, 9.17) is 5.73 Å². The van der Waals surface area contributed by atoms with Gasteiger partial charge in [0.15, 0.2) is 0 Å². The largest absolute Gasteiger partial charge is 0.399 e. The summed E-state index contributed by atoms with van der Waals surface area (Å²) in [5, 5.41) is 0. The maximum atomic E-state index is 6.00. The van der Waals surface area contributed by atoms with E-state index < -0.39 is 0 Å². The van der Waals surface area contributed by atoms with Crippen LogP contribution in [0.1, 0.15) is 5.56 Å². The molecule has 0 aliphatic carbocycles. The van der Waals surface area contributed by atoms with E-state index in [0.29, 0.717) is 0 Å². The molecule has 0 bridgehead atoms. The molecule has 2 aromatic carbocycles. The summed E-state index contributed by atoms with van der Waals surface area (Å²) < 4.78 is 0. The molecular formula is C18H17N. The molecule has 0 spiro atoms. The smallest absolute Gasteiger partial charge is 0.0326 e. The Balaban J connectivity index is 2.55. The molecule has 0 aromatic heterocycles. The van der Waals surface area contributed by atoms with E-state index in [9.17, 15) is 0 Å². The summed E-state index contributed by atoms with van der Waals surface area (Å²) >= 11 is 0. The predicted octanol–water partition coefficient (Wildman–Crippen LogP) is 4.69. The summed E-state index contributed by atoms with van der Waals surface area (Å²) in [6, 6.07) is 16.2. The number of benzene rings is 2. The molecule has 0 heterocycles. The molecule has 1 nitrogen and oxygen atoms in total. The van der Waals surface area contributed by atoms with Gasteiger partial charge in [-0.05, 0) is 40.5 Å². The normalized spacial score (nSPS) is 11.1. The Labute approximate surface area is 114 Å². The van der Waals surface area contributed by atoms with E-state index in [1.54, 1.807) is 6.08 Å². The Bertz CT molecular complexity index is 621. The maximum absolute atomic E-state index is 6.00. The summed E-state index contributed by atoms with van der Waals surface area (Å²) in [5.74, 6) is 0. The van der Waals surface area contributed by atoms with Gasteiger partial charge in [-0.25, -0.2) is 0 Å². The quantitative estimate of drug-likeness (QED) is 0.615. The van der Waals surface area contributed by atoms with Crippen molar-refractivity contribution in [3.05, 3.63) is 85.5 Å². The summed E-state index contributed by atoms with van der Waals surface area (Å²) in [7, 11) is 0. The number of nitrogens with two attached hydrogens (primary N) is 1. The Hall–Kier alpha value is -2.54. The van der Waals surface area contributed by atoms with Gasteiger partial charge in [0.25, 0.3) is 0 Å². The van der Waals surface area contributed by atoms with E-state index in [0.717, 1.165) is 28.0 Å². The first-order chi connectivity index (χ1) is 9.24. The van der Waals surface area contributed by atoms with Gasteiger partial charge in [-0.3, -0.25) is 0 Å². The van der Waals surface area contributed by atoms with Crippen LogP contribution in [-0.2, 0) is 0 Å². The minimum Gasteiger partial charge on any atom is -0.399 e. The van der Waals surface area contributed by atoms with Gasteiger partial charge in [-0.1, -0.05) is 61.7 Å². The van der Waals surface area contributed by atoms with Crippen molar-refractivity contribution in [1.29, 1.82) is 0 Å². The van der Waals surface area contributed by atoms with Gasteiger partial charge in [0, 0.05) is 5.69 Å². The third kappa shape index (κ3) is 3.02. The molecule has 0 amide bonds. The molecule has 0 aliphatic rings. The summed E-state index contributed by atoms with van der Waals surface area (Å²) in [6.07, 6.45) is 5.49. The van der Waals surface area contributed by atoms with Gasteiger partial charge in [-0.15, -0.1) is 0 Å². The predicted molar refractivity (Wildman–Crippen MR) is 84.7 cm³/mol. The lowest BCUT2D eigenvalue weighted by atomic mass is 9.98. The standard InChI is InChI=1S/C18H17N/c1-3-8-14(4-2)16-11-17(13-18(19)12-16)15-9-6-5-7-10-15/h3-13H,1-2,19H2/b14-8+. The average molecular weight is 247 g/mol. The molecule has 0 radical (unpaired) electrons. The number of hydrogen-bond donors (Lipinski definition) is 1. The Morgan fingerprint density at radius 3 is 2.32 bits per heavy atom. The van der Waals surface area contributed by atoms with Crippen molar-refractivity contribution in [2.75, 3.05) is 5.73 Å². The molecule has 0 fully saturated rings. The van der Waals surface area contributed by atoms with Gasteiger partial charge < -0.3 is 5.73 Å². The van der Waals surface area contributed by atoms with Crippen molar-refractivity contribution in [1.82, 2.24) is 0 Å². The molecule has 2 rings (SSSR count). The third-order valence-electron chi connectivity index (χ3n) is 2.91. The van der Waals surface area contributed by atoms with Gasteiger partial charge in [0.1, 0.15) is 0 Å². The van der Waals surface area contributed by atoms with Gasteiger partial charge >= 0.3 is 0 Å².